The summed E-state index contributed by atoms with van der Waals surface area (Å²) in [7, 11) is 0. The second-order valence-electron chi connectivity index (χ2n) is 6.60. The van der Waals surface area contributed by atoms with Crippen LogP contribution in [0.3, 0.4) is 0 Å². The Morgan fingerprint density at radius 2 is 1.86 bits per heavy atom. The maximum atomic E-state index is 12.8. The summed E-state index contributed by atoms with van der Waals surface area (Å²) in [4.78, 5) is 17.2. The van der Waals surface area contributed by atoms with Crippen molar-refractivity contribution in [3.63, 3.8) is 0 Å². The highest BCUT2D eigenvalue weighted by atomic mass is 16.5. The Kier molecular flexibility index (Phi) is 4.46. The van der Waals surface area contributed by atoms with Crippen LogP contribution >= 0.6 is 0 Å². The molecule has 0 N–H and O–H groups in total. The Bertz CT molecular complexity index is 420. The molecule has 0 aromatic heterocycles. The number of amides is 1. The predicted molar refractivity (Wildman–Crippen MR) is 78.5 cm³/mol. The second kappa shape index (κ2) is 6.33. The summed E-state index contributed by atoms with van der Waals surface area (Å²) in [6.45, 7) is 5.14. The van der Waals surface area contributed by atoms with Crippen LogP contribution in [0, 0.1) is 16.7 Å². The molecule has 0 aromatic rings. The Balaban J connectivity index is 1.62. The molecule has 0 radical (unpaired) electrons. The standard InChI is InChI=1S/C16H25N3O2/c17-13-16(5-2-1-3-6-16)15(20)19-7-4-14(12-19)18-8-10-21-11-9-18/h14H,1-12H2. The smallest absolute Gasteiger partial charge is 0.243 e. The Labute approximate surface area is 126 Å². The fraction of sp³-hybridized carbons (Fsp3) is 0.875. The van der Waals surface area contributed by atoms with E-state index in [9.17, 15) is 10.1 Å². The summed E-state index contributed by atoms with van der Waals surface area (Å²) in [6, 6.07) is 2.82. The Morgan fingerprint density at radius 1 is 1.14 bits per heavy atom. The summed E-state index contributed by atoms with van der Waals surface area (Å²) in [5, 5.41) is 9.56. The third-order valence-electron chi connectivity index (χ3n) is 5.34. The maximum absolute atomic E-state index is 12.8. The predicted octanol–water partition coefficient (Wildman–Crippen LogP) is 1.39. The highest BCUT2D eigenvalue weighted by Gasteiger charge is 2.44. The van der Waals surface area contributed by atoms with Gasteiger partial charge >= 0.3 is 0 Å². The van der Waals surface area contributed by atoms with Crippen LogP contribution in [0.1, 0.15) is 38.5 Å². The molecule has 2 aliphatic heterocycles. The van der Waals surface area contributed by atoms with Gasteiger partial charge in [-0.1, -0.05) is 19.3 Å². The van der Waals surface area contributed by atoms with Gasteiger partial charge in [0.15, 0.2) is 0 Å². The lowest BCUT2D eigenvalue weighted by Gasteiger charge is -2.34. The molecule has 2 saturated heterocycles. The molecule has 1 atom stereocenters. The number of hydrogen-bond acceptors (Lipinski definition) is 4. The van der Waals surface area contributed by atoms with Crippen LogP contribution in [0.4, 0.5) is 0 Å². The fourth-order valence-corrected chi connectivity index (χ4v) is 4.00. The normalized spacial score (nSPS) is 30.0. The maximum Gasteiger partial charge on any atom is 0.243 e. The molecule has 5 heteroatoms. The molecule has 3 fully saturated rings. The van der Waals surface area contributed by atoms with E-state index in [1.54, 1.807) is 0 Å². The van der Waals surface area contributed by atoms with Gasteiger partial charge in [0.25, 0.3) is 0 Å². The Hall–Kier alpha value is -1.12. The van der Waals surface area contributed by atoms with Gasteiger partial charge in [-0.25, -0.2) is 0 Å². The molecule has 1 saturated carbocycles. The molecule has 116 valence electrons. The van der Waals surface area contributed by atoms with Gasteiger partial charge in [-0.15, -0.1) is 0 Å². The van der Waals surface area contributed by atoms with Crippen LogP contribution in [0.5, 0.6) is 0 Å². The monoisotopic (exact) mass is 291 g/mol. The number of ether oxygens (including phenoxy) is 1. The van der Waals surface area contributed by atoms with Crippen molar-refractivity contribution in [1.82, 2.24) is 9.80 Å². The van der Waals surface area contributed by atoms with E-state index in [2.05, 4.69) is 11.0 Å². The highest BCUT2D eigenvalue weighted by Crippen LogP contribution is 2.38. The summed E-state index contributed by atoms with van der Waals surface area (Å²) in [6.07, 6.45) is 5.72. The topological polar surface area (TPSA) is 56.6 Å². The van der Waals surface area contributed by atoms with Crippen molar-refractivity contribution in [2.24, 2.45) is 5.41 Å². The molecule has 0 aromatic carbocycles. The summed E-state index contributed by atoms with van der Waals surface area (Å²) >= 11 is 0. The van der Waals surface area contributed by atoms with E-state index >= 15 is 0 Å². The van der Waals surface area contributed by atoms with Crippen LogP contribution in [0.25, 0.3) is 0 Å². The van der Waals surface area contributed by atoms with E-state index < -0.39 is 5.41 Å². The van der Waals surface area contributed by atoms with Crippen molar-refractivity contribution in [1.29, 1.82) is 5.26 Å². The van der Waals surface area contributed by atoms with Gasteiger partial charge < -0.3 is 9.64 Å². The number of morpholine rings is 1. The number of rotatable bonds is 2. The largest absolute Gasteiger partial charge is 0.379 e. The first-order valence-electron chi connectivity index (χ1n) is 8.28. The van der Waals surface area contributed by atoms with Crippen LogP contribution in [-0.2, 0) is 9.53 Å². The van der Waals surface area contributed by atoms with Gasteiger partial charge in [-0.3, -0.25) is 9.69 Å². The van der Waals surface area contributed by atoms with E-state index in [0.717, 1.165) is 77.9 Å². The van der Waals surface area contributed by atoms with Gasteiger partial charge in [0.1, 0.15) is 5.41 Å². The van der Waals surface area contributed by atoms with Gasteiger partial charge in [-0.05, 0) is 19.3 Å². The molecule has 3 rings (SSSR count). The third-order valence-corrected chi connectivity index (χ3v) is 5.34. The molecular weight excluding hydrogens is 266 g/mol. The number of carbonyl (C=O) groups excluding carboxylic acids is 1. The first-order chi connectivity index (χ1) is 10.2. The van der Waals surface area contributed by atoms with Crippen molar-refractivity contribution in [2.45, 2.75) is 44.6 Å². The second-order valence-corrected chi connectivity index (χ2v) is 6.60. The molecular formula is C16H25N3O2. The molecule has 0 spiro atoms. The summed E-state index contributed by atoms with van der Waals surface area (Å²) < 4.78 is 5.40. The SMILES string of the molecule is N#CC1(C(=O)N2CCC(N3CCOCC3)C2)CCCCC1. The number of hydrogen-bond donors (Lipinski definition) is 0. The van der Waals surface area contributed by atoms with Crippen molar-refractivity contribution in [3.8, 4) is 6.07 Å². The number of carbonyl (C=O) groups is 1. The minimum atomic E-state index is -0.724. The van der Waals surface area contributed by atoms with E-state index in [-0.39, 0.29) is 5.91 Å². The molecule has 5 nitrogen and oxygen atoms in total. The van der Waals surface area contributed by atoms with E-state index in [1.165, 1.54) is 0 Å². The quantitative estimate of drug-likeness (QED) is 0.771. The molecule has 1 amide bonds. The molecule has 1 unspecified atom stereocenters. The lowest BCUT2D eigenvalue weighted by atomic mass is 9.74. The molecule has 21 heavy (non-hydrogen) atoms. The van der Waals surface area contributed by atoms with Crippen molar-refractivity contribution >= 4 is 5.91 Å². The van der Waals surface area contributed by atoms with Crippen LogP contribution in [0.2, 0.25) is 0 Å². The zero-order valence-electron chi connectivity index (χ0n) is 12.7. The lowest BCUT2D eigenvalue weighted by molar-refractivity contribution is -0.139. The molecule has 1 aliphatic carbocycles. The van der Waals surface area contributed by atoms with E-state index in [0.29, 0.717) is 6.04 Å². The van der Waals surface area contributed by atoms with Crippen molar-refractivity contribution < 1.29 is 9.53 Å². The van der Waals surface area contributed by atoms with Crippen molar-refractivity contribution in [2.75, 3.05) is 39.4 Å². The van der Waals surface area contributed by atoms with Gasteiger partial charge in [-0.2, -0.15) is 5.26 Å². The highest BCUT2D eigenvalue weighted by molar-refractivity contribution is 5.85. The molecule has 2 heterocycles. The van der Waals surface area contributed by atoms with Gasteiger partial charge in [0.2, 0.25) is 5.91 Å². The first kappa shape index (κ1) is 14.8. The average molecular weight is 291 g/mol. The van der Waals surface area contributed by atoms with Crippen LogP contribution in [0.15, 0.2) is 0 Å². The third kappa shape index (κ3) is 2.93. The zero-order valence-corrected chi connectivity index (χ0v) is 12.7. The van der Waals surface area contributed by atoms with Crippen molar-refractivity contribution in [3.05, 3.63) is 0 Å². The fourth-order valence-electron chi connectivity index (χ4n) is 4.00. The van der Waals surface area contributed by atoms with E-state index in [4.69, 9.17) is 4.74 Å². The van der Waals surface area contributed by atoms with Crippen LogP contribution < -0.4 is 0 Å². The Morgan fingerprint density at radius 3 is 2.52 bits per heavy atom. The van der Waals surface area contributed by atoms with E-state index in [1.807, 2.05) is 4.90 Å². The minimum absolute atomic E-state index is 0.0976. The first-order valence-corrected chi connectivity index (χ1v) is 8.28. The van der Waals surface area contributed by atoms with Gasteiger partial charge in [0, 0.05) is 32.2 Å². The number of nitriles is 1. The number of likely N-dealkylation sites (tertiary alicyclic amines) is 1. The van der Waals surface area contributed by atoms with Crippen LogP contribution in [-0.4, -0.2) is 61.1 Å². The number of nitrogens with zero attached hydrogens (tertiary/aromatic N) is 3. The molecule has 0 bridgehead atoms. The lowest BCUT2D eigenvalue weighted by Crippen LogP contribution is -2.47. The zero-order chi connectivity index (χ0) is 14.7. The summed E-state index contributed by atoms with van der Waals surface area (Å²) in [5.74, 6) is 0.0976. The minimum Gasteiger partial charge on any atom is -0.379 e. The average Bonchev–Trinajstić information content (AvgIpc) is 3.05. The molecule has 3 aliphatic rings. The van der Waals surface area contributed by atoms with Gasteiger partial charge in [0.05, 0.1) is 19.3 Å². The summed E-state index contributed by atoms with van der Waals surface area (Å²) in [5.41, 5.74) is -0.724.